The van der Waals surface area contributed by atoms with Crippen LogP contribution in [0.5, 0.6) is 5.75 Å². The predicted octanol–water partition coefficient (Wildman–Crippen LogP) is 4.84. The highest BCUT2D eigenvalue weighted by molar-refractivity contribution is 7.09. The number of aromatic nitrogens is 1. The van der Waals surface area contributed by atoms with Gasteiger partial charge in [-0.1, -0.05) is 19.9 Å². The van der Waals surface area contributed by atoms with Gasteiger partial charge in [0.2, 0.25) is 0 Å². The number of thiazole rings is 1. The predicted molar refractivity (Wildman–Crippen MR) is 107 cm³/mol. The smallest absolute Gasteiger partial charge is 0.258 e. The van der Waals surface area contributed by atoms with Crippen molar-refractivity contribution in [1.82, 2.24) is 10.3 Å². The van der Waals surface area contributed by atoms with Gasteiger partial charge in [-0.25, -0.2) is 4.98 Å². The summed E-state index contributed by atoms with van der Waals surface area (Å²) < 4.78 is 11.3. The third kappa shape index (κ3) is 4.98. The summed E-state index contributed by atoms with van der Waals surface area (Å²) in [6.45, 7) is 8.62. The summed E-state index contributed by atoms with van der Waals surface area (Å²) in [4.78, 5) is 16.4. The van der Waals surface area contributed by atoms with Gasteiger partial charge in [0, 0.05) is 5.38 Å². The Hall–Kier alpha value is -2.60. The van der Waals surface area contributed by atoms with Crippen LogP contribution in [0.15, 0.2) is 40.1 Å². The number of aryl methyl sites for hydroxylation is 2. The van der Waals surface area contributed by atoms with Crippen LogP contribution in [0.25, 0.3) is 11.5 Å². The Balaban J connectivity index is 1.49. The number of amides is 1. The van der Waals surface area contributed by atoms with E-state index in [0.29, 0.717) is 29.7 Å². The van der Waals surface area contributed by atoms with Crippen molar-refractivity contribution in [3.63, 3.8) is 0 Å². The summed E-state index contributed by atoms with van der Waals surface area (Å²) in [6, 6.07) is 9.64. The van der Waals surface area contributed by atoms with Gasteiger partial charge < -0.3 is 14.5 Å². The molecule has 142 valence electrons. The zero-order valence-corrected chi connectivity index (χ0v) is 16.9. The van der Waals surface area contributed by atoms with Gasteiger partial charge in [0.25, 0.3) is 5.91 Å². The van der Waals surface area contributed by atoms with Crippen LogP contribution < -0.4 is 10.1 Å². The quantitative estimate of drug-likeness (QED) is 0.633. The average molecular weight is 385 g/mol. The first-order chi connectivity index (χ1) is 12.9. The number of hydrogen-bond donors (Lipinski definition) is 1. The second-order valence-electron chi connectivity index (χ2n) is 6.76. The number of hydrogen-bond acceptors (Lipinski definition) is 5. The molecule has 2 aromatic heterocycles. The van der Waals surface area contributed by atoms with Crippen molar-refractivity contribution < 1.29 is 13.9 Å². The van der Waals surface area contributed by atoms with Gasteiger partial charge in [0.05, 0.1) is 11.6 Å². The largest absolute Gasteiger partial charge is 0.484 e. The van der Waals surface area contributed by atoms with Gasteiger partial charge in [0.1, 0.15) is 17.2 Å². The first-order valence-electron chi connectivity index (χ1n) is 8.93. The summed E-state index contributed by atoms with van der Waals surface area (Å²) in [6.07, 6.45) is 0. The lowest BCUT2D eigenvalue weighted by molar-refractivity contribution is -0.123. The third-order valence-electron chi connectivity index (χ3n) is 4.23. The van der Waals surface area contributed by atoms with E-state index in [1.807, 2.05) is 36.6 Å². The zero-order valence-electron chi connectivity index (χ0n) is 16.0. The molecule has 1 amide bonds. The standard InChI is InChI=1S/C21H24N2O3S/c1-13(2)18-7-5-16(9-14(18)3)25-11-21(24)22-10-17-6-8-20(26-17)19-12-27-15(4)23-19/h5-9,12-13H,10-11H2,1-4H3,(H,22,24). The Morgan fingerprint density at radius 3 is 2.74 bits per heavy atom. The van der Waals surface area contributed by atoms with E-state index in [-0.39, 0.29) is 12.5 Å². The Kier molecular flexibility index (Phi) is 5.96. The number of nitrogens with zero attached hydrogens (tertiary/aromatic N) is 1. The number of carbonyl (C=O) groups excluding carboxylic acids is 1. The van der Waals surface area contributed by atoms with Gasteiger partial charge in [0.15, 0.2) is 12.4 Å². The van der Waals surface area contributed by atoms with E-state index in [4.69, 9.17) is 9.15 Å². The molecule has 1 aromatic carbocycles. The molecule has 3 rings (SSSR count). The monoisotopic (exact) mass is 384 g/mol. The number of nitrogens with one attached hydrogen (secondary N) is 1. The normalized spacial score (nSPS) is 11.0. The molecule has 0 saturated carbocycles. The van der Waals surface area contributed by atoms with E-state index < -0.39 is 0 Å². The maximum atomic E-state index is 12.0. The molecule has 0 fully saturated rings. The molecular formula is C21H24N2O3S. The number of carbonyl (C=O) groups is 1. The van der Waals surface area contributed by atoms with E-state index in [2.05, 4.69) is 37.1 Å². The summed E-state index contributed by atoms with van der Waals surface area (Å²) in [5.41, 5.74) is 3.28. The van der Waals surface area contributed by atoms with Crippen molar-refractivity contribution in [2.75, 3.05) is 6.61 Å². The van der Waals surface area contributed by atoms with Crippen molar-refractivity contribution in [3.05, 3.63) is 57.6 Å². The van der Waals surface area contributed by atoms with E-state index in [0.717, 1.165) is 10.7 Å². The van der Waals surface area contributed by atoms with Gasteiger partial charge in [-0.15, -0.1) is 11.3 Å². The Labute approximate surface area is 163 Å². The van der Waals surface area contributed by atoms with Gasteiger partial charge in [-0.3, -0.25) is 4.79 Å². The Morgan fingerprint density at radius 1 is 1.26 bits per heavy atom. The first kappa shape index (κ1) is 19.2. The molecule has 3 aromatic rings. The minimum atomic E-state index is -0.192. The van der Waals surface area contributed by atoms with Crippen molar-refractivity contribution in [3.8, 4) is 17.2 Å². The second-order valence-corrected chi connectivity index (χ2v) is 7.82. The molecule has 0 aliphatic heterocycles. The van der Waals surface area contributed by atoms with Crippen molar-refractivity contribution in [2.45, 2.75) is 40.2 Å². The van der Waals surface area contributed by atoms with Crippen LogP contribution in [0.3, 0.4) is 0 Å². The van der Waals surface area contributed by atoms with E-state index >= 15 is 0 Å². The van der Waals surface area contributed by atoms with E-state index in [1.165, 1.54) is 11.1 Å². The Bertz CT molecular complexity index is 927. The second kappa shape index (κ2) is 8.39. The highest BCUT2D eigenvalue weighted by Crippen LogP contribution is 2.24. The molecule has 0 spiro atoms. The molecule has 6 heteroatoms. The zero-order chi connectivity index (χ0) is 19.4. The van der Waals surface area contributed by atoms with Crippen LogP contribution in [0.1, 0.15) is 41.7 Å². The van der Waals surface area contributed by atoms with Crippen molar-refractivity contribution in [2.24, 2.45) is 0 Å². The van der Waals surface area contributed by atoms with Crippen molar-refractivity contribution >= 4 is 17.2 Å². The lowest BCUT2D eigenvalue weighted by atomic mass is 9.98. The van der Waals surface area contributed by atoms with Gasteiger partial charge in [-0.05, 0) is 55.2 Å². The molecule has 0 saturated heterocycles. The van der Waals surface area contributed by atoms with E-state index in [9.17, 15) is 4.79 Å². The third-order valence-corrected chi connectivity index (χ3v) is 5.00. The molecule has 2 heterocycles. The maximum Gasteiger partial charge on any atom is 0.258 e. The minimum Gasteiger partial charge on any atom is -0.484 e. The molecule has 0 aliphatic rings. The summed E-state index contributed by atoms with van der Waals surface area (Å²) in [5, 5.41) is 5.75. The lowest BCUT2D eigenvalue weighted by Crippen LogP contribution is -2.28. The fourth-order valence-corrected chi connectivity index (χ4v) is 3.46. The molecule has 5 nitrogen and oxygen atoms in total. The van der Waals surface area contributed by atoms with E-state index in [1.54, 1.807) is 11.3 Å². The van der Waals surface area contributed by atoms with Crippen LogP contribution in [-0.4, -0.2) is 17.5 Å². The maximum absolute atomic E-state index is 12.0. The van der Waals surface area contributed by atoms with Crippen molar-refractivity contribution in [1.29, 1.82) is 0 Å². The number of benzene rings is 1. The highest BCUT2D eigenvalue weighted by atomic mass is 32.1. The summed E-state index contributed by atoms with van der Waals surface area (Å²) in [7, 11) is 0. The van der Waals surface area contributed by atoms with Crippen LogP contribution in [0.4, 0.5) is 0 Å². The number of rotatable bonds is 7. The summed E-state index contributed by atoms with van der Waals surface area (Å²) >= 11 is 1.58. The van der Waals surface area contributed by atoms with Crippen LogP contribution in [0, 0.1) is 13.8 Å². The summed E-state index contributed by atoms with van der Waals surface area (Å²) in [5.74, 6) is 2.37. The first-order valence-corrected chi connectivity index (χ1v) is 9.81. The van der Waals surface area contributed by atoms with Gasteiger partial charge >= 0.3 is 0 Å². The molecule has 0 atom stereocenters. The molecule has 1 N–H and O–H groups in total. The molecule has 0 bridgehead atoms. The lowest BCUT2D eigenvalue weighted by Gasteiger charge is -2.12. The molecular weight excluding hydrogens is 360 g/mol. The van der Waals surface area contributed by atoms with Gasteiger partial charge in [-0.2, -0.15) is 0 Å². The molecule has 0 aliphatic carbocycles. The highest BCUT2D eigenvalue weighted by Gasteiger charge is 2.10. The molecule has 0 radical (unpaired) electrons. The average Bonchev–Trinajstić information content (AvgIpc) is 3.26. The fourth-order valence-electron chi connectivity index (χ4n) is 2.86. The van der Waals surface area contributed by atoms with Crippen LogP contribution in [0.2, 0.25) is 0 Å². The topological polar surface area (TPSA) is 64.4 Å². The van der Waals surface area contributed by atoms with Crippen LogP contribution >= 0.6 is 11.3 Å². The minimum absolute atomic E-state index is 0.0285. The number of ether oxygens (including phenoxy) is 1. The molecule has 0 unspecified atom stereocenters. The SMILES string of the molecule is Cc1nc(-c2ccc(CNC(=O)COc3ccc(C(C)C)c(C)c3)o2)cs1. The fraction of sp³-hybridized carbons (Fsp3) is 0.333. The van der Waals surface area contributed by atoms with Crippen LogP contribution in [-0.2, 0) is 11.3 Å². The number of furan rings is 1. The Morgan fingerprint density at radius 2 is 2.07 bits per heavy atom. The molecule has 27 heavy (non-hydrogen) atoms.